The summed E-state index contributed by atoms with van der Waals surface area (Å²) >= 11 is 0. The third-order valence-electron chi connectivity index (χ3n) is 2.81. The predicted octanol–water partition coefficient (Wildman–Crippen LogP) is 3.23. The van der Waals surface area contributed by atoms with Gasteiger partial charge in [-0.2, -0.15) is 0 Å². The monoisotopic (exact) mass is 200 g/mol. The first-order valence-corrected chi connectivity index (χ1v) is 5.25. The summed E-state index contributed by atoms with van der Waals surface area (Å²) in [5, 5.41) is 0. The SMILES string of the molecule is C=CCCn1cnc2cc(C)c(C)cc21. The normalized spacial score (nSPS) is 10.8. The third kappa shape index (κ3) is 1.80. The maximum atomic E-state index is 4.40. The van der Waals surface area contributed by atoms with Crippen LogP contribution in [0.5, 0.6) is 0 Å². The van der Waals surface area contributed by atoms with Gasteiger partial charge in [0.25, 0.3) is 0 Å². The Morgan fingerprint density at radius 3 is 2.80 bits per heavy atom. The van der Waals surface area contributed by atoms with Crippen molar-refractivity contribution in [2.45, 2.75) is 26.8 Å². The van der Waals surface area contributed by atoms with Gasteiger partial charge < -0.3 is 4.57 Å². The minimum Gasteiger partial charge on any atom is -0.330 e. The molecule has 0 aliphatic rings. The van der Waals surface area contributed by atoms with E-state index in [2.05, 4.69) is 42.1 Å². The van der Waals surface area contributed by atoms with E-state index in [1.165, 1.54) is 16.6 Å². The van der Waals surface area contributed by atoms with E-state index >= 15 is 0 Å². The molecular weight excluding hydrogens is 184 g/mol. The number of aryl methyl sites for hydroxylation is 3. The number of imidazole rings is 1. The van der Waals surface area contributed by atoms with Crippen molar-refractivity contribution in [1.82, 2.24) is 9.55 Å². The Morgan fingerprint density at radius 2 is 2.07 bits per heavy atom. The van der Waals surface area contributed by atoms with E-state index in [4.69, 9.17) is 0 Å². The van der Waals surface area contributed by atoms with Gasteiger partial charge >= 0.3 is 0 Å². The van der Waals surface area contributed by atoms with E-state index in [9.17, 15) is 0 Å². The summed E-state index contributed by atoms with van der Waals surface area (Å²) < 4.78 is 2.18. The fourth-order valence-corrected chi connectivity index (χ4v) is 1.72. The molecule has 0 spiro atoms. The van der Waals surface area contributed by atoms with Crippen molar-refractivity contribution >= 4 is 11.0 Å². The van der Waals surface area contributed by atoms with E-state index in [-0.39, 0.29) is 0 Å². The third-order valence-corrected chi connectivity index (χ3v) is 2.81. The highest BCUT2D eigenvalue weighted by Gasteiger charge is 2.03. The summed E-state index contributed by atoms with van der Waals surface area (Å²) in [4.78, 5) is 4.40. The zero-order valence-electron chi connectivity index (χ0n) is 9.33. The highest BCUT2D eigenvalue weighted by Crippen LogP contribution is 2.18. The Hall–Kier alpha value is -1.57. The van der Waals surface area contributed by atoms with Gasteiger partial charge in [0, 0.05) is 6.54 Å². The van der Waals surface area contributed by atoms with Crippen LogP contribution in [-0.4, -0.2) is 9.55 Å². The fraction of sp³-hybridized carbons (Fsp3) is 0.308. The molecule has 2 rings (SSSR count). The molecule has 1 aromatic carbocycles. The second-order valence-corrected chi connectivity index (χ2v) is 3.94. The minimum atomic E-state index is 0.961. The fourth-order valence-electron chi connectivity index (χ4n) is 1.72. The van der Waals surface area contributed by atoms with E-state index in [0.717, 1.165) is 18.5 Å². The summed E-state index contributed by atoms with van der Waals surface area (Å²) in [5.74, 6) is 0. The van der Waals surface area contributed by atoms with Crippen LogP contribution < -0.4 is 0 Å². The zero-order valence-corrected chi connectivity index (χ0v) is 9.33. The molecule has 0 unspecified atom stereocenters. The lowest BCUT2D eigenvalue weighted by molar-refractivity contribution is 0.731. The topological polar surface area (TPSA) is 17.8 Å². The summed E-state index contributed by atoms with van der Waals surface area (Å²) in [5.41, 5.74) is 4.93. The molecule has 0 bridgehead atoms. The first-order valence-electron chi connectivity index (χ1n) is 5.25. The molecule has 0 saturated carbocycles. The average Bonchev–Trinajstić information content (AvgIpc) is 2.59. The van der Waals surface area contributed by atoms with Crippen molar-refractivity contribution in [3.05, 3.63) is 42.2 Å². The standard InChI is InChI=1S/C13H16N2/c1-4-5-6-15-9-14-12-7-10(2)11(3)8-13(12)15/h4,7-9H,1,5-6H2,2-3H3. The summed E-state index contributed by atoms with van der Waals surface area (Å²) in [7, 11) is 0. The van der Waals surface area contributed by atoms with Crippen LogP contribution in [0.1, 0.15) is 17.5 Å². The molecule has 2 aromatic rings. The molecular formula is C13H16N2. The Bertz CT molecular complexity index is 494. The zero-order chi connectivity index (χ0) is 10.8. The number of allylic oxidation sites excluding steroid dienone is 1. The van der Waals surface area contributed by atoms with Crippen LogP contribution in [0, 0.1) is 13.8 Å². The van der Waals surface area contributed by atoms with Gasteiger partial charge in [0.1, 0.15) is 0 Å². The van der Waals surface area contributed by atoms with Gasteiger partial charge in [-0.05, 0) is 43.5 Å². The first kappa shape index (κ1) is 9.97. The van der Waals surface area contributed by atoms with E-state index in [1.54, 1.807) is 0 Å². The van der Waals surface area contributed by atoms with Gasteiger partial charge in [-0.1, -0.05) is 6.08 Å². The number of aromatic nitrogens is 2. The van der Waals surface area contributed by atoms with Gasteiger partial charge in [0.2, 0.25) is 0 Å². The molecule has 0 atom stereocenters. The van der Waals surface area contributed by atoms with E-state index in [0.29, 0.717) is 0 Å². The predicted molar refractivity (Wildman–Crippen MR) is 64.0 cm³/mol. The molecule has 0 radical (unpaired) electrons. The molecule has 0 saturated heterocycles. The first-order chi connectivity index (χ1) is 7.22. The van der Waals surface area contributed by atoms with Crippen molar-refractivity contribution in [1.29, 1.82) is 0 Å². The van der Waals surface area contributed by atoms with Gasteiger partial charge in [0.05, 0.1) is 17.4 Å². The van der Waals surface area contributed by atoms with Crippen LogP contribution in [0.3, 0.4) is 0 Å². The van der Waals surface area contributed by atoms with Crippen LogP contribution in [0.25, 0.3) is 11.0 Å². The largest absolute Gasteiger partial charge is 0.330 e. The second-order valence-electron chi connectivity index (χ2n) is 3.94. The number of nitrogens with zero attached hydrogens (tertiary/aromatic N) is 2. The highest BCUT2D eigenvalue weighted by molar-refractivity contribution is 5.77. The van der Waals surface area contributed by atoms with Crippen molar-refractivity contribution < 1.29 is 0 Å². The maximum Gasteiger partial charge on any atom is 0.0958 e. The van der Waals surface area contributed by atoms with Crippen molar-refractivity contribution in [2.24, 2.45) is 0 Å². The summed E-state index contributed by atoms with van der Waals surface area (Å²) in [6.07, 6.45) is 4.83. The lowest BCUT2D eigenvalue weighted by atomic mass is 10.1. The van der Waals surface area contributed by atoms with Crippen molar-refractivity contribution in [3.63, 3.8) is 0 Å². The van der Waals surface area contributed by atoms with Crippen LogP contribution in [0.15, 0.2) is 31.1 Å². The molecule has 1 heterocycles. The Kier molecular flexibility index (Phi) is 2.58. The van der Waals surface area contributed by atoms with Crippen LogP contribution in [-0.2, 0) is 6.54 Å². The van der Waals surface area contributed by atoms with Gasteiger partial charge in [0.15, 0.2) is 0 Å². The van der Waals surface area contributed by atoms with Crippen LogP contribution in [0.2, 0.25) is 0 Å². The quantitative estimate of drug-likeness (QED) is 0.695. The van der Waals surface area contributed by atoms with E-state index in [1.807, 2.05) is 12.4 Å². The van der Waals surface area contributed by atoms with Gasteiger partial charge in [-0.25, -0.2) is 4.98 Å². The number of benzene rings is 1. The summed E-state index contributed by atoms with van der Waals surface area (Å²) in [6.45, 7) is 8.96. The van der Waals surface area contributed by atoms with E-state index < -0.39 is 0 Å². The van der Waals surface area contributed by atoms with Crippen molar-refractivity contribution in [2.75, 3.05) is 0 Å². The molecule has 0 fully saturated rings. The number of hydrogen-bond donors (Lipinski definition) is 0. The molecule has 2 nitrogen and oxygen atoms in total. The molecule has 0 amide bonds. The average molecular weight is 200 g/mol. The lowest BCUT2D eigenvalue weighted by Gasteiger charge is -2.04. The smallest absolute Gasteiger partial charge is 0.0958 e. The molecule has 0 N–H and O–H groups in total. The molecule has 0 aliphatic carbocycles. The highest BCUT2D eigenvalue weighted by atomic mass is 15.0. The maximum absolute atomic E-state index is 4.40. The Balaban J connectivity index is 2.49. The lowest BCUT2D eigenvalue weighted by Crippen LogP contribution is -1.94. The summed E-state index contributed by atoms with van der Waals surface area (Å²) in [6, 6.07) is 4.36. The Morgan fingerprint density at radius 1 is 1.33 bits per heavy atom. The molecule has 0 aliphatic heterocycles. The van der Waals surface area contributed by atoms with Crippen LogP contribution >= 0.6 is 0 Å². The molecule has 2 heteroatoms. The minimum absolute atomic E-state index is 0.961. The number of rotatable bonds is 3. The Labute approximate surface area is 90.3 Å². The second kappa shape index (κ2) is 3.89. The van der Waals surface area contributed by atoms with Gasteiger partial charge in [-0.3, -0.25) is 0 Å². The molecule has 78 valence electrons. The molecule has 15 heavy (non-hydrogen) atoms. The number of fused-ring (bicyclic) bond motifs is 1. The van der Waals surface area contributed by atoms with Crippen molar-refractivity contribution in [3.8, 4) is 0 Å². The number of hydrogen-bond acceptors (Lipinski definition) is 1. The van der Waals surface area contributed by atoms with Gasteiger partial charge in [-0.15, -0.1) is 6.58 Å². The van der Waals surface area contributed by atoms with Crippen LogP contribution in [0.4, 0.5) is 0 Å². The molecule has 1 aromatic heterocycles.